The van der Waals surface area contributed by atoms with E-state index >= 15 is 0 Å². The smallest absolute Gasteiger partial charge is 0.414 e. The summed E-state index contributed by atoms with van der Waals surface area (Å²) in [5.74, 6) is -0.274. The largest absolute Gasteiger partial charge is 0.465 e. The molecule has 32 heavy (non-hydrogen) atoms. The Labute approximate surface area is 187 Å². The van der Waals surface area contributed by atoms with Gasteiger partial charge in [-0.15, -0.1) is 0 Å². The number of amides is 2. The maximum Gasteiger partial charge on any atom is 0.414 e. The monoisotopic (exact) mass is 444 g/mol. The van der Waals surface area contributed by atoms with E-state index < -0.39 is 24.1 Å². The average molecular weight is 445 g/mol. The molecular formula is C23H29FN4O4. The van der Waals surface area contributed by atoms with Crippen LogP contribution in [0.4, 0.5) is 25.4 Å². The van der Waals surface area contributed by atoms with Crippen LogP contribution in [0.15, 0.2) is 29.8 Å². The Hall–Kier alpha value is -3.28. The molecule has 2 heterocycles. The van der Waals surface area contributed by atoms with Gasteiger partial charge in [-0.3, -0.25) is 4.90 Å². The van der Waals surface area contributed by atoms with Crippen LogP contribution >= 0.6 is 0 Å². The molecule has 0 saturated carbocycles. The van der Waals surface area contributed by atoms with Crippen LogP contribution in [0.3, 0.4) is 0 Å². The molecule has 0 radical (unpaired) electrons. The molecule has 1 aromatic rings. The molecule has 2 saturated heterocycles. The second-order valence-corrected chi connectivity index (χ2v) is 8.55. The number of allylic oxidation sites excluding steroid dienone is 1. The van der Waals surface area contributed by atoms with Gasteiger partial charge in [0.05, 0.1) is 37.0 Å². The average Bonchev–Trinajstić information content (AvgIpc) is 3.12. The molecule has 2 aliphatic heterocycles. The Morgan fingerprint density at radius 2 is 2.12 bits per heavy atom. The van der Waals surface area contributed by atoms with Gasteiger partial charge < -0.3 is 19.6 Å². The van der Waals surface area contributed by atoms with E-state index in [0.717, 1.165) is 12.8 Å². The number of hydrogen-bond donors (Lipinski definition) is 1. The third kappa shape index (κ3) is 5.69. The van der Waals surface area contributed by atoms with Crippen molar-refractivity contribution in [2.75, 3.05) is 42.5 Å². The number of hydrogen-bond acceptors (Lipinski definition) is 5. The molecule has 2 fully saturated rings. The zero-order chi connectivity index (χ0) is 23.3. The minimum Gasteiger partial charge on any atom is -0.465 e. The lowest BCUT2D eigenvalue weighted by molar-refractivity contribution is 0.0924. The number of nitriles is 1. The van der Waals surface area contributed by atoms with Gasteiger partial charge in [-0.05, 0) is 37.0 Å². The number of rotatable bonds is 7. The highest BCUT2D eigenvalue weighted by molar-refractivity contribution is 5.90. The normalized spacial score (nSPS) is 18.5. The molecule has 0 spiro atoms. The van der Waals surface area contributed by atoms with Gasteiger partial charge >= 0.3 is 12.2 Å². The Bertz CT molecular complexity index is 917. The van der Waals surface area contributed by atoms with E-state index in [4.69, 9.17) is 10.00 Å². The van der Waals surface area contributed by atoms with Crippen LogP contribution in [0.2, 0.25) is 0 Å². The predicted molar refractivity (Wildman–Crippen MR) is 118 cm³/mol. The van der Waals surface area contributed by atoms with Gasteiger partial charge in [0.1, 0.15) is 11.9 Å². The molecule has 2 aliphatic rings. The van der Waals surface area contributed by atoms with Gasteiger partial charge in [0.15, 0.2) is 0 Å². The number of ether oxygens (including phenoxy) is 1. The molecule has 172 valence electrons. The summed E-state index contributed by atoms with van der Waals surface area (Å²) < 4.78 is 20.2. The molecule has 0 unspecified atom stereocenters. The van der Waals surface area contributed by atoms with E-state index in [1.165, 1.54) is 21.4 Å². The summed E-state index contributed by atoms with van der Waals surface area (Å²) >= 11 is 0. The van der Waals surface area contributed by atoms with E-state index in [1.54, 1.807) is 12.1 Å². The number of cyclic esters (lactones) is 1. The summed E-state index contributed by atoms with van der Waals surface area (Å²) in [7, 11) is 0. The fourth-order valence-corrected chi connectivity index (χ4v) is 4.09. The zero-order valence-corrected chi connectivity index (χ0v) is 18.5. The van der Waals surface area contributed by atoms with Crippen LogP contribution in [-0.2, 0) is 4.74 Å². The maximum absolute atomic E-state index is 14.9. The van der Waals surface area contributed by atoms with E-state index in [9.17, 15) is 19.1 Å². The van der Waals surface area contributed by atoms with Crippen molar-refractivity contribution >= 4 is 23.6 Å². The minimum atomic E-state index is -1.06. The van der Waals surface area contributed by atoms with Gasteiger partial charge in [-0.2, -0.15) is 5.26 Å². The molecule has 0 bridgehead atoms. The number of benzene rings is 1. The molecule has 0 aliphatic carbocycles. The zero-order valence-electron chi connectivity index (χ0n) is 18.5. The number of carbonyl (C=O) groups is 2. The summed E-state index contributed by atoms with van der Waals surface area (Å²) in [5, 5.41) is 18.1. The first-order valence-electron chi connectivity index (χ1n) is 10.8. The molecule has 1 aromatic carbocycles. The van der Waals surface area contributed by atoms with Crippen LogP contribution < -0.4 is 9.80 Å². The number of nitrogens with zero attached hydrogens (tertiary/aromatic N) is 4. The summed E-state index contributed by atoms with van der Waals surface area (Å²) in [6, 6.07) is 6.78. The van der Waals surface area contributed by atoms with Gasteiger partial charge in [0.2, 0.25) is 0 Å². The van der Waals surface area contributed by atoms with Crippen molar-refractivity contribution in [1.82, 2.24) is 4.90 Å². The summed E-state index contributed by atoms with van der Waals surface area (Å²) in [6.07, 6.45) is 1.64. The van der Waals surface area contributed by atoms with Gasteiger partial charge in [-0.25, -0.2) is 14.0 Å². The Kier molecular flexibility index (Phi) is 7.57. The lowest BCUT2D eigenvalue weighted by Crippen LogP contribution is -2.40. The van der Waals surface area contributed by atoms with Crippen LogP contribution in [0.1, 0.15) is 33.1 Å². The first-order valence-corrected chi connectivity index (χ1v) is 10.8. The molecular weight excluding hydrogens is 415 g/mol. The number of halogens is 1. The molecule has 0 aromatic heterocycles. The highest BCUT2D eigenvalue weighted by atomic mass is 19.1. The molecule has 1 atom stereocenters. The number of carbonyl (C=O) groups excluding carboxylic acids is 1. The standard InChI is InChI=1S/C23H29FN4O4/c1-16(2)13-27(22(29)30)14-19-15-28(23(31)32-19)18-5-6-21(20(24)12-18)26-10-7-17(8-11-26)4-3-9-25/h4-6,12,16,19H,3,7-8,10-11,13-15H2,1-2H3,(H,29,30)/t19-/m0/s1. The number of anilines is 2. The third-order valence-electron chi connectivity index (χ3n) is 5.63. The molecule has 3 rings (SSSR count). The van der Waals surface area contributed by atoms with E-state index in [1.807, 2.05) is 24.8 Å². The van der Waals surface area contributed by atoms with Crippen molar-refractivity contribution in [2.24, 2.45) is 5.92 Å². The molecule has 2 amide bonds. The molecule has 9 heteroatoms. The van der Waals surface area contributed by atoms with Crippen molar-refractivity contribution in [2.45, 2.75) is 39.2 Å². The van der Waals surface area contributed by atoms with Crippen LogP contribution in [-0.4, -0.2) is 61.0 Å². The summed E-state index contributed by atoms with van der Waals surface area (Å²) in [6.45, 7) is 5.75. The minimum absolute atomic E-state index is 0.0751. The van der Waals surface area contributed by atoms with Gasteiger partial charge in [0.25, 0.3) is 0 Å². The first-order chi connectivity index (χ1) is 15.3. The van der Waals surface area contributed by atoms with Gasteiger partial charge in [0, 0.05) is 19.6 Å². The van der Waals surface area contributed by atoms with Gasteiger partial charge in [-0.1, -0.05) is 25.5 Å². The number of carboxylic acid groups (broad SMARTS) is 1. The number of piperidine rings is 1. The van der Waals surface area contributed by atoms with Crippen LogP contribution in [0, 0.1) is 23.1 Å². The van der Waals surface area contributed by atoms with Crippen molar-refractivity contribution in [3.05, 3.63) is 35.7 Å². The third-order valence-corrected chi connectivity index (χ3v) is 5.63. The SMILES string of the molecule is CC(C)CN(C[C@H]1CN(c2ccc(N3CCC(=CCC#N)CC3)c(F)c2)C(=O)O1)C(=O)O. The van der Waals surface area contributed by atoms with Crippen molar-refractivity contribution in [1.29, 1.82) is 5.26 Å². The second-order valence-electron chi connectivity index (χ2n) is 8.55. The molecule has 8 nitrogen and oxygen atoms in total. The fraction of sp³-hybridized carbons (Fsp3) is 0.522. The van der Waals surface area contributed by atoms with Crippen molar-refractivity contribution < 1.29 is 23.8 Å². The second kappa shape index (κ2) is 10.4. The quantitative estimate of drug-likeness (QED) is 0.632. The predicted octanol–water partition coefficient (Wildman–Crippen LogP) is 4.23. The van der Waals surface area contributed by atoms with Crippen LogP contribution in [0.25, 0.3) is 0 Å². The van der Waals surface area contributed by atoms with Crippen molar-refractivity contribution in [3.63, 3.8) is 0 Å². The lowest BCUT2D eigenvalue weighted by Gasteiger charge is -2.31. The Balaban J connectivity index is 1.64. The fourth-order valence-electron chi connectivity index (χ4n) is 4.09. The topological polar surface area (TPSA) is 97.1 Å². The van der Waals surface area contributed by atoms with E-state index in [2.05, 4.69) is 6.07 Å². The molecule has 1 N–H and O–H groups in total. The highest BCUT2D eigenvalue weighted by Gasteiger charge is 2.35. The van der Waals surface area contributed by atoms with E-state index in [-0.39, 0.29) is 19.0 Å². The lowest BCUT2D eigenvalue weighted by atomic mass is 10.0. The summed E-state index contributed by atoms with van der Waals surface area (Å²) in [5.41, 5.74) is 2.08. The Morgan fingerprint density at radius 1 is 1.41 bits per heavy atom. The summed E-state index contributed by atoms with van der Waals surface area (Å²) in [4.78, 5) is 28.4. The highest BCUT2D eigenvalue weighted by Crippen LogP contribution is 2.30. The first kappa shape index (κ1) is 23.4. The maximum atomic E-state index is 14.9. The van der Waals surface area contributed by atoms with Crippen LogP contribution in [0.5, 0.6) is 0 Å². The Morgan fingerprint density at radius 3 is 2.72 bits per heavy atom. The van der Waals surface area contributed by atoms with E-state index in [0.29, 0.717) is 37.4 Å². The van der Waals surface area contributed by atoms with Crippen molar-refractivity contribution in [3.8, 4) is 6.07 Å².